The Kier molecular flexibility index (Phi) is 7.93. The second-order valence-corrected chi connectivity index (χ2v) is 11.7. The largest absolute Gasteiger partial charge is 0.512 e. The average molecular weight is 545 g/mol. The van der Waals surface area contributed by atoms with E-state index >= 15 is 4.39 Å². The van der Waals surface area contributed by atoms with Crippen molar-refractivity contribution in [1.82, 2.24) is 9.97 Å². The third kappa shape index (κ3) is 5.60. The van der Waals surface area contributed by atoms with Crippen LogP contribution in [0.25, 0.3) is 0 Å². The van der Waals surface area contributed by atoms with Gasteiger partial charge >= 0.3 is 5.97 Å². The summed E-state index contributed by atoms with van der Waals surface area (Å²) < 4.78 is 21.5. The van der Waals surface area contributed by atoms with Crippen LogP contribution in [0.5, 0.6) is 0 Å². The molecular weight excluding hydrogens is 507 g/mol. The van der Waals surface area contributed by atoms with Crippen molar-refractivity contribution in [2.45, 2.75) is 95.0 Å². The molecule has 8 heteroatoms. The van der Waals surface area contributed by atoms with Crippen LogP contribution >= 0.6 is 0 Å². The number of nitrogens with zero attached hydrogens (tertiary/aromatic N) is 3. The number of aliphatic hydroxyl groups excluding tert-OH is 1. The van der Waals surface area contributed by atoms with Crippen LogP contribution in [-0.2, 0) is 21.4 Å². The van der Waals surface area contributed by atoms with Gasteiger partial charge in [0.2, 0.25) is 5.95 Å². The first-order valence-corrected chi connectivity index (χ1v) is 14.3. The Hall–Kier alpha value is -3.73. The number of nitrogens with one attached hydrogen (secondary N) is 1. The van der Waals surface area contributed by atoms with Gasteiger partial charge in [0.25, 0.3) is 0 Å². The van der Waals surface area contributed by atoms with Crippen LogP contribution in [0.4, 0.5) is 10.3 Å². The third-order valence-corrected chi connectivity index (χ3v) is 8.97. The van der Waals surface area contributed by atoms with Gasteiger partial charge in [0.1, 0.15) is 17.2 Å². The number of aliphatic hydroxyl groups is 1. The molecule has 2 aromatic rings. The number of allylic oxidation sites excluding steroid dienone is 1. The zero-order valence-electron chi connectivity index (χ0n) is 23.1. The number of carbonyl (C=O) groups excluding carboxylic acids is 1. The quantitative estimate of drug-likeness (QED) is 0.331. The molecule has 2 N–H and O–H groups in total. The van der Waals surface area contributed by atoms with Crippen LogP contribution in [0.15, 0.2) is 54.2 Å². The topological polar surface area (TPSA) is 108 Å². The van der Waals surface area contributed by atoms with E-state index in [1.807, 2.05) is 13.0 Å². The molecule has 2 aliphatic carbocycles. The molecule has 1 atom stereocenters. The summed E-state index contributed by atoms with van der Waals surface area (Å²) in [6, 6.07) is 7.57. The van der Waals surface area contributed by atoms with Crippen LogP contribution in [-0.4, -0.2) is 26.6 Å². The number of benzene rings is 1. The van der Waals surface area contributed by atoms with E-state index in [1.165, 1.54) is 6.07 Å². The number of carbonyl (C=O) groups is 1. The van der Waals surface area contributed by atoms with E-state index in [-0.39, 0.29) is 35.9 Å². The number of rotatable bonds is 9. The summed E-state index contributed by atoms with van der Waals surface area (Å²) in [6.45, 7) is 5.87. The van der Waals surface area contributed by atoms with E-state index in [1.54, 1.807) is 18.5 Å². The van der Waals surface area contributed by atoms with Gasteiger partial charge in [0.05, 0.1) is 17.1 Å². The van der Waals surface area contributed by atoms with Crippen molar-refractivity contribution in [3.63, 3.8) is 0 Å². The molecule has 0 bridgehead atoms. The van der Waals surface area contributed by atoms with Crippen molar-refractivity contribution in [1.29, 1.82) is 5.26 Å². The lowest BCUT2D eigenvalue weighted by Crippen LogP contribution is -2.46. The zero-order valence-corrected chi connectivity index (χ0v) is 23.1. The molecular formula is C32H37FN4O3. The summed E-state index contributed by atoms with van der Waals surface area (Å²) in [5, 5.41) is 23.9. The fourth-order valence-corrected chi connectivity index (χ4v) is 6.74. The average Bonchev–Trinajstić information content (AvgIpc) is 3.65. The Labute approximate surface area is 235 Å². The number of aryl methyl sites for hydroxylation is 2. The lowest BCUT2D eigenvalue weighted by molar-refractivity contribution is -0.167. The molecule has 2 saturated carbocycles. The Bertz CT molecular complexity index is 1350. The van der Waals surface area contributed by atoms with Gasteiger partial charge in [-0.05, 0) is 68.6 Å². The van der Waals surface area contributed by atoms with Gasteiger partial charge in [0.15, 0.2) is 0 Å². The molecule has 0 saturated heterocycles. The molecule has 2 heterocycles. The highest BCUT2D eigenvalue weighted by Gasteiger charge is 2.48. The smallest absolute Gasteiger partial charge is 0.338 e. The third-order valence-electron chi connectivity index (χ3n) is 8.97. The molecule has 0 spiro atoms. The van der Waals surface area contributed by atoms with Gasteiger partial charge in [-0.1, -0.05) is 44.4 Å². The predicted molar refractivity (Wildman–Crippen MR) is 150 cm³/mol. The summed E-state index contributed by atoms with van der Waals surface area (Å²) in [7, 11) is 0. The SMILES string of the molecule is C=C(CC1=C(O)CC(CCc2ccc(C3(C#N)CCCC3)c(F)c2)(C2CCCC2)OC1=O)Nc1ncc(C)cn1. The molecule has 1 unspecified atom stereocenters. The summed E-state index contributed by atoms with van der Waals surface area (Å²) in [4.78, 5) is 21.7. The summed E-state index contributed by atoms with van der Waals surface area (Å²) >= 11 is 0. The number of cyclic esters (lactones) is 1. The highest BCUT2D eigenvalue weighted by atomic mass is 19.1. The number of hydrogen-bond donors (Lipinski definition) is 2. The number of esters is 1. The van der Waals surface area contributed by atoms with Crippen molar-refractivity contribution in [3.8, 4) is 6.07 Å². The molecule has 1 aromatic heterocycles. The molecule has 0 amide bonds. The molecule has 5 rings (SSSR count). The minimum atomic E-state index is -0.843. The Morgan fingerprint density at radius 3 is 2.55 bits per heavy atom. The molecule has 1 aromatic carbocycles. The molecule has 40 heavy (non-hydrogen) atoms. The first-order chi connectivity index (χ1) is 19.2. The number of aromatic nitrogens is 2. The van der Waals surface area contributed by atoms with Crippen molar-refractivity contribution >= 4 is 11.9 Å². The Morgan fingerprint density at radius 2 is 1.93 bits per heavy atom. The van der Waals surface area contributed by atoms with E-state index in [4.69, 9.17) is 4.74 Å². The summed E-state index contributed by atoms with van der Waals surface area (Å²) in [5.74, 6) is -0.360. The monoisotopic (exact) mass is 544 g/mol. The Morgan fingerprint density at radius 1 is 1.23 bits per heavy atom. The number of halogens is 1. The zero-order chi connectivity index (χ0) is 28.3. The first kappa shape index (κ1) is 27.8. The Balaban J connectivity index is 1.32. The number of anilines is 1. The van der Waals surface area contributed by atoms with Crippen LogP contribution < -0.4 is 5.32 Å². The minimum Gasteiger partial charge on any atom is -0.512 e. The van der Waals surface area contributed by atoms with Gasteiger partial charge in [-0.15, -0.1) is 0 Å². The van der Waals surface area contributed by atoms with Crippen molar-refractivity contribution < 1.29 is 19.0 Å². The number of hydrogen-bond acceptors (Lipinski definition) is 7. The highest BCUT2D eigenvalue weighted by Crippen LogP contribution is 2.47. The fourth-order valence-electron chi connectivity index (χ4n) is 6.74. The first-order valence-electron chi connectivity index (χ1n) is 14.3. The van der Waals surface area contributed by atoms with Gasteiger partial charge in [-0.2, -0.15) is 5.26 Å². The number of nitriles is 1. The van der Waals surface area contributed by atoms with Crippen LogP contribution in [0.1, 0.15) is 87.3 Å². The molecule has 7 nitrogen and oxygen atoms in total. The van der Waals surface area contributed by atoms with Crippen LogP contribution in [0.2, 0.25) is 0 Å². The van der Waals surface area contributed by atoms with Gasteiger partial charge in [-0.3, -0.25) is 0 Å². The van der Waals surface area contributed by atoms with Gasteiger partial charge in [0, 0.05) is 36.5 Å². The van der Waals surface area contributed by atoms with Crippen LogP contribution in [0, 0.1) is 30.0 Å². The van der Waals surface area contributed by atoms with Gasteiger partial charge in [-0.25, -0.2) is 19.2 Å². The highest BCUT2D eigenvalue weighted by molar-refractivity contribution is 5.91. The van der Waals surface area contributed by atoms with E-state index in [2.05, 4.69) is 27.9 Å². The standard InChI is InChI=1S/C32H37FN4O3/c1-21-18-35-30(36-19-21)37-22(2)15-25-28(38)17-32(40-29(25)39,24-7-3-4-8-24)14-11-23-9-10-26(27(33)16-23)31(20-34)12-5-6-13-31/h9-10,16,18-19,24,38H,2-8,11-15,17H2,1H3,(H,35,36,37). The maximum Gasteiger partial charge on any atom is 0.338 e. The maximum atomic E-state index is 15.3. The van der Waals surface area contributed by atoms with Crippen LogP contribution in [0.3, 0.4) is 0 Å². The van der Waals surface area contributed by atoms with Crippen molar-refractivity contribution in [2.24, 2.45) is 5.92 Å². The van der Waals surface area contributed by atoms with E-state index < -0.39 is 17.0 Å². The summed E-state index contributed by atoms with van der Waals surface area (Å²) in [6.07, 6.45) is 11.9. The normalized spacial score (nSPS) is 22.7. The molecule has 210 valence electrons. The molecule has 3 aliphatic rings. The lowest BCUT2D eigenvalue weighted by Gasteiger charge is -2.42. The molecule has 1 aliphatic heterocycles. The van der Waals surface area contributed by atoms with Crippen molar-refractivity contribution in [2.75, 3.05) is 5.32 Å². The van der Waals surface area contributed by atoms with Crippen molar-refractivity contribution in [3.05, 3.63) is 76.7 Å². The second-order valence-electron chi connectivity index (χ2n) is 11.7. The predicted octanol–water partition coefficient (Wildman–Crippen LogP) is 6.90. The van der Waals surface area contributed by atoms with E-state index in [0.717, 1.165) is 49.7 Å². The molecule has 2 fully saturated rings. The summed E-state index contributed by atoms with van der Waals surface area (Å²) in [5.41, 5.74) is 1.30. The maximum absolute atomic E-state index is 15.3. The minimum absolute atomic E-state index is 0.0228. The fraction of sp³-hybridized carbons (Fsp3) is 0.500. The lowest BCUT2D eigenvalue weighted by atomic mass is 9.76. The van der Waals surface area contributed by atoms with E-state index in [0.29, 0.717) is 42.9 Å². The van der Waals surface area contributed by atoms with Gasteiger partial charge < -0.3 is 15.2 Å². The molecule has 0 radical (unpaired) electrons. The second kappa shape index (κ2) is 11.4. The van der Waals surface area contributed by atoms with E-state index in [9.17, 15) is 15.2 Å². The number of ether oxygens (including phenoxy) is 1.